The molecule has 0 amide bonds. The van der Waals surface area contributed by atoms with Crippen LogP contribution in [0.5, 0.6) is 0 Å². The summed E-state index contributed by atoms with van der Waals surface area (Å²) in [6.07, 6.45) is 7.10. The van der Waals surface area contributed by atoms with Crippen LogP contribution in [0.4, 0.5) is 0 Å². The molecule has 4 heteroatoms. The highest BCUT2D eigenvalue weighted by Gasteiger charge is 2.14. The summed E-state index contributed by atoms with van der Waals surface area (Å²) >= 11 is 1.84. The highest BCUT2D eigenvalue weighted by molar-refractivity contribution is 7.11. The fraction of sp³-hybridized carbons (Fsp3) is 0.786. The van der Waals surface area contributed by atoms with Crippen molar-refractivity contribution in [1.82, 2.24) is 15.6 Å². The first-order valence-electron chi connectivity index (χ1n) is 7.18. The van der Waals surface area contributed by atoms with Gasteiger partial charge in [0.15, 0.2) is 0 Å². The molecule has 1 fully saturated rings. The monoisotopic (exact) mass is 267 g/mol. The predicted molar refractivity (Wildman–Crippen MR) is 78.1 cm³/mol. The highest BCUT2D eigenvalue weighted by Crippen LogP contribution is 2.21. The summed E-state index contributed by atoms with van der Waals surface area (Å²) in [5, 5.41) is 8.26. The Hall–Kier alpha value is -0.450. The molecule has 0 radical (unpaired) electrons. The van der Waals surface area contributed by atoms with E-state index in [9.17, 15) is 0 Å². The maximum atomic E-state index is 4.50. The van der Waals surface area contributed by atoms with Crippen molar-refractivity contribution in [2.24, 2.45) is 5.92 Å². The van der Waals surface area contributed by atoms with Gasteiger partial charge in [-0.05, 0) is 58.2 Å². The number of hydrogen-bond donors (Lipinski definition) is 2. The van der Waals surface area contributed by atoms with Crippen molar-refractivity contribution < 1.29 is 0 Å². The smallest absolute Gasteiger partial charge is 0.109 e. The van der Waals surface area contributed by atoms with E-state index in [-0.39, 0.29) is 0 Å². The van der Waals surface area contributed by atoms with Crippen LogP contribution in [0.15, 0.2) is 6.20 Å². The molecule has 3 nitrogen and oxygen atoms in total. The molecule has 1 saturated heterocycles. The van der Waals surface area contributed by atoms with Gasteiger partial charge in [-0.15, -0.1) is 11.3 Å². The lowest BCUT2D eigenvalue weighted by Crippen LogP contribution is -2.30. The van der Waals surface area contributed by atoms with Crippen LogP contribution in [-0.2, 0) is 6.42 Å². The van der Waals surface area contributed by atoms with Gasteiger partial charge in [-0.25, -0.2) is 4.98 Å². The average Bonchev–Trinajstić information content (AvgIpc) is 2.89. The molecule has 1 aliphatic heterocycles. The summed E-state index contributed by atoms with van der Waals surface area (Å²) in [7, 11) is 0. The normalized spacial score (nSPS) is 19.0. The summed E-state index contributed by atoms with van der Waals surface area (Å²) < 4.78 is 0. The Bertz CT molecular complexity index is 345. The molecular weight excluding hydrogens is 242 g/mol. The molecule has 0 spiro atoms. The Morgan fingerprint density at radius 2 is 2.28 bits per heavy atom. The van der Waals surface area contributed by atoms with Gasteiger partial charge in [0.2, 0.25) is 0 Å². The van der Waals surface area contributed by atoms with Gasteiger partial charge in [0.1, 0.15) is 5.01 Å². The van der Waals surface area contributed by atoms with Crippen molar-refractivity contribution in [3.63, 3.8) is 0 Å². The average molecular weight is 267 g/mol. The zero-order valence-electron chi connectivity index (χ0n) is 11.5. The zero-order chi connectivity index (χ0) is 12.8. The van der Waals surface area contributed by atoms with E-state index in [0.29, 0.717) is 6.04 Å². The molecule has 2 N–H and O–H groups in total. The van der Waals surface area contributed by atoms with Gasteiger partial charge in [0, 0.05) is 11.1 Å². The van der Waals surface area contributed by atoms with Gasteiger partial charge in [-0.3, -0.25) is 0 Å². The van der Waals surface area contributed by atoms with Crippen LogP contribution in [0.2, 0.25) is 0 Å². The third-order valence-electron chi connectivity index (χ3n) is 3.75. The molecule has 102 valence electrons. The molecule has 0 bridgehead atoms. The Morgan fingerprint density at radius 1 is 1.50 bits per heavy atom. The van der Waals surface area contributed by atoms with Crippen LogP contribution in [0.3, 0.4) is 0 Å². The second kappa shape index (κ2) is 7.22. The van der Waals surface area contributed by atoms with Gasteiger partial charge in [-0.1, -0.05) is 6.92 Å². The van der Waals surface area contributed by atoms with Crippen molar-refractivity contribution in [1.29, 1.82) is 0 Å². The van der Waals surface area contributed by atoms with E-state index in [1.165, 1.54) is 42.2 Å². The van der Waals surface area contributed by atoms with Gasteiger partial charge in [-0.2, -0.15) is 0 Å². The Morgan fingerprint density at radius 3 is 2.94 bits per heavy atom. The minimum Gasteiger partial charge on any atom is -0.317 e. The largest absolute Gasteiger partial charge is 0.317 e. The van der Waals surface area contributed by atoms with Crippen molar-refractivity contribution >= 4 is 11.3 Å². The topological polar surface area (TPSA) is 37.0 Å². The van der Waals surface area contributed by atoms with E-state index in [1.54, 1.807) is 0 Å². The van der Waals surface area contributed by atoms with Gasteiger partial charge in [0.05, 0.1) is 6.04 Å². The summed E-state index contributed by atoms with van der Waals surface area (Å²) in [5.74, 6) is 0.911. The van der Waals surface area contributed by atoms with Crippen LogP contribution in [0.1, 0.15) is 49.0 Å². The van der Waals surface area contributed by atoms with Crippen LogP contribution in [0.25, 0.3) is 0 Å². The molecule has 1 aromatic heterocycles. The molecule has 0 saturated carbocycles. The number of nitrogens with zero attached hydrogens (tertiary/aromatic N) is 1. The van der Waals surface area contributed by atoms with Gasteiger partial charge in [0.25, 0.3) is 0 Å². The summed E-state index contributed by atoms with van der Waals surface area (Å²) in [5.41, 5.74) is 0. The predicted octanol–water partition coefficient (Wildman–Crippen LogP) is 2.75. The second-order valence-corrected chi connectivity index (χ2v) is 6.32. The molecule has 0 aromatic carbocycles. The standard InChI is InChI=1S/C14H25N3S/c1-3-13-10-17-14(18-13)11(2)16-9-6-12-4-7-15-8-5-12/h10-12,15-16H,3-9H2,1-2H3. The number of rotatable bonds is 6. The molecule has 1 aliphatic rings. The molecular formula is C14H25N3S. The molecule has 2 heterocycles. The maximum absolute atomic E-state index is 4.50. The lowest BCUT2D eigenvalue weighted by Gasteiger charge is -2.23. The lowest BCUT2D eigenvalue weighted by molar-refractivity contribution is 0.343. The fourth-order valence-electron chi connectivity index (χ4n) is 2.45. The SMILES string of the molecule is CCc1cnc(C(C)NCCC2CCNCC2)s1. The van der Waals surface area contributed by atoms with Crippen LogP contribution in [0, 0.1) is 5.92 Å². The summed E-state index contributed by atoms with van der Waals surface area (Å²) in [6.45, 7) is 7.93. The fourth-order valence-corrected chi connectivity index (χ4v) is 3.33. The van der Waals surface area contributed by atoms with Crippen LogP contribution >= 0.6 is 11.3 Å². The zero-order valence-corrected chi connectivity index (χ0v) is 12.4. The Labute approximate surface area is 114 Å². The van der Waals surface area contributed by atoms with Gasteiger partial charge < -0.3 is 10.6 Å². The molecule has 2 rings (SSSR count). The number of aryl methyl sites for hydroxylation is 1. The molecule has 1 atom stereocenters. The Kier molecular flexibility index (Phi) is 5.60. The third-order valence-corrected chi connectivity index (χ3v) is 5.08. The van der Waals surface area contributed by atoms with Gasteiger partial charge >= 0.3 is 0 Å². The van der Waals surface area contributed by atoms with Crippen molar-refractivity contribution in [2.45, 2.75) is 45.6 Å². The van der Waals surface area contributed by atoms with E-state index < -0.39 is 0 Å². The molecule has 18 heavy (non-hydrogen) atoms. The lowest BCUT2D eigenvalue weighted by atomic mass is 9.95. The first-order valence-corrected chi connectivity index (χ1v) is 8.00. The van der Waals surface area contributed by atoms with E-state index in [4.69, 9.17) is 0 Å². The van der Waals surface area contributed by atoms with E-state index >= 15 is 0 Å². The van der Waals surface area contributed by atoms with Crippen molar-refractivity contribution in [3.8, 4) is 0 Å². The minimum atomic E-state index is 0.400. The summed E-state index contributed by atoms with van der Waals surface area (Å²) in [4.78, 5) is 5.88. The van der Waals surface area contributed by atoms with E-state index in [0.717, 1.165) is 18.9 Å². The number of hydrogen-bond acceptors (Lipinski definition) is 4. The molecule has 1 aromatic rings. The first-order chi connectivity index (χ1) is 8.79. The van der Waals surface area contributed by atoms with E-state index in [1.807, 2.05) is 17.5 Å². The van der Waals surface area contributed by atoms with Crippen LogP contribution in [-0.4, -0.2) is 24.6 Å². The number of piperidine rings is 1. The number of nitrogens with one attached hydrogen (secondary N) is 2. The molecule has 1 unspecified atom stereocenters. The van der Waals surface area contributed by atoms with Crippen LogP contribution < -0.4 is 10.6 Å². The summed E-state index contributed by atoms with van der Waals surface area (Å²) in [6, 6.07) is 0.400. The second-order valence-electron chi connectivity index (χ2n) is 5.18. The minimum absolute atomic E-state index is 0.400. The quantitative estimate of drug-likeness (QED) is 0.832. The number of aromatic nitrogens is 1. The number of thiazole rings is 1. The maximum Gasteiger partial charge on any atom is 0.109 e. The first kappa shape index (κ1) is 14.0. The van der Waals surface area contributed by atoms with Crippen molar-refractivity contribution in [3.05, 3.63) is 16.1 Å². The van der Waals surface area contributed by atoms with E-state index in [2.05, 4.69) is 29.5 Å². The highest BCUT2D eigenvalue weighted by atomic mass is 32.1. The molecule has 0 aliphatic carbocycles. The Balaban J connectivity index is 1.69. The third kappa shape index (κ3) is 4.04. The van der Waals surface area contributed by atoms with Crippen molar-refractivity contribution in [2.75, 3.05) is 19.6 Å².